The fourth-order valence-electron chi connectivity index (χ4n) is 3.67. The van der Waals surface area contributed by atoms with Gasteiger partial charge in [-0.1, -0.05) is 18.2 Å². The smallest absolute Gasteiger partial charge is 0.492 e. The van der Waals surface area contributed by atoms with E-state index in [9.17, 15) is 26.7 Å². The van der Waals surface area contributed by atoms with Crippen molar-refractivity contribution < 1.29 is 36.2 Å². The van der Waals surface area contributed by atoms with Crippen molar-refractivity contribution in [3.63, 3.8) is 0 Å². The number of aliphatic hydroxyl groups is 1. The summed E-state index contributed by atoms with van der Waals surface area (Å²) in [5.74, 6) is 0.0122. The second-order valence-electron chi connectivity index (χ2n) is 8.35. The third-order valence-electron chi connectivity index (χ3n) is 5.48. The van der Waals surface area contributed by atoms with Gasteiger partial charge in [0.1, 0.15) is 18.1 Å². The van der Waals surface area contributed by atoms with E-state index in [0.29, 0.717) is 24.5 Å². The number of hydrogen-bond acceptors (Lipinski definition) is 7. The predicted octanol–water partition coefficient (Wildman–Crippen LogP) is 4.27. The number of anilines is 1. The van der Waals surface area contributed by atoms with E-state index in [2.05, 4.69) is 25.0 Å². The van der Waals surface area contributed by atoms with E-state index in [0.717, 1.165) is 40.9 Å². The first-order valence-corrected chi connectivity index (χ1v) is 12.9. The lowest BCUT2D eigenvalue weighted by atomic mass is 10.1. The number of aryl methyl sites for hydroxylation is 1. The molecule has 4 rings (SSSR count). The average molecular weight is 551 g/mol. The third kappa shape index (κ3) is 7.15. The summed E-state index contributed by atoms with van der Waals surface area (Å²) < 4.78 is 74.6. The van der Waals surface area contributed by atoms with Crippen LogP contribution in [0.15, 0.2) is 71.6 Å². The highest BCUT2D eigenvalue weighted by atomic mass is 32.2. The SMILES string of the molecule is Cc1[nH]nc2cc(OCCNC[C@H](O)c3cccc(NS(=O)(=O)c4cccc(OC(F)(F)F)c4)c3)ccc12. The van der Waals surface area contributed by atoms with Gasteiger partial charge < -0.3 is 19.9 Å². The molecule has 0 spiro atoms. The molecule has 0 aliphatic carbocycles. The number of alkyl halides is 3. The minimum Gasteiger partial charge on any atom is -0.492 e. The Balaban J connectivity index is 1.29. The summed E-state index contributed by atoms with van der Waals surface area (Å²) in [6, 6.07) is 15.7. The monoisotopic (exact) mass is 550 g/mol. The van der Waals surface area contributed by atoms with Crippen molar-refractivity contribution in [3.8, 4) is 11.5 Å². The molecule has 4 N–H and O–H groups in total. The molecule has 3 aromatic carbocycles. The number of nitrogens with one attached hydrogen (secondary N) is 3. The van der Waals surface area contributed by atoms with Crippen LogP contribution in [0.1, 0.15) is 17.4 Å². The Morgan fingerprint density at radius 1 is 1.05 bits per heavy atom. The van der Waals surface area contributed by atoms with Gasteiger partial charge in [-0.05, 0) is 48.9 Å². The van der Waals surface area contributed by atoms with Gasteiger partial charge in [-0.25, -0.2) is 8.42 Å². The predicted molar refractivity (Wildman–Crippen MR) is 135 cm³/mol. The fraction of sp³-hybridized carbons (Fsp3) is 0.240. The van der Waals surface area contributed by atoms with Gasteiger partial charge in [0.05, 0.1) is 16.5 Å². The molecule has 9 nitrogen and oxygen atoms in total. The number of rotatable bonds is 11. The molecule has 0 amide bonds. The number of ether oxygens (including phenoxy) is 2. The summed E-state index contributed by atoms with van der Waals surface area (Å²) in [4.78, 5) is -0.409. The number of nitrogens with zero attached hydrogens (tertiary/aromatic N) is 1. The van der Waals surface area contributed by atoms with Gasteiger partial charge in [0.15, 0.2) is 0 Å². The minimum absolute atomic E-state index is 0.135. The fourth-order valence-corrected chi connectivity index (χ4v) is 4.76. The van der Waals surface area contributed by atoms with E-state index in [1.807, 2.05) is 25.1 Å². The van der Waals surface area contributed by atoms with Crippen molar-refractivity contribution in [3.05, 3.63) is 78.0 Å². The van der Waals surface area contributed by atoms with Crippen molar-refractivity contribution in [1.82, 2.24) is 15.5 Å². The molecule has 0 fully saturated rings. The maximum Gasteiger partial charge on any atom is 0.573 e. The first-order valence-electron chi connectivity index (χ1n) is 11.4. The van der Waals surface area contributed by atoms with Crippen LogP contribution < -0.4 is 19.5 Å². The van der Waals surface area contributed by atoms with Gasteiger partial charge in [-0.15, -0.1) is 13.2 Å². The van der Waals surface area contributed by atoms with E-state index in [4.69, 9.17) is 4.74 Å². The molecule has 1 heterocycles. The van der Waals surface area contributed by atoms with E-state index in [-0.39, 0.29) is 12.2 Å². The van der Waals surface area contributed by atoms with Gasteiger partial charge in [0.2, 0.25) is 0 Å². The molecule has 13 heteroatoms. The molecule has 0 aliphatic rings. The van der Waals surface area contributed by atoms with E-state index < -0.39 is 33.1 Å². The Hall–Kier alpha value is -3.81. The summed E-state index contributed by atoms with van der Waals surface area (Å²) in [5.41, 5.74) is 2.35. The van der Waals surface area contributed by atoms with Crippen LogP contribution in [0, 0.1) is 6.92 Å². The van der Waals surface area contributed by atoms with Crippen molar-refractivity contribution in [2.24, 2.45) is 0 Å². The molecule has 1 atom stereocenters. The lowest BCUT2D eigenvalue weighted by Gasteiger charge is -2.15. The van der Waals surface area contributed by atoms with Crippen LogP contribution in [0.5, 0.6) is 11.5 Å². The molecule has 0 saturated carbocycles. The van der Waals surface area contributed by atoms with E-state index in [1.54, 1.807) is 12.1 Å². The lowest BCUT2D eigenvalue weighted by Crippen LogP contribution is -2.26. The first-order chi connectivity index (χ1) is 18.0. The average Bonchev–Trinajstić information content (AvgIpc) is 3.22. The Kier molecular flexibility index (Phi) is 8.09. The normalized spacial score (nSPS) is 12.9. The highest BCUT2D eigenvalue weighted by Crippen LogP contribution is 2.27. The second-order valence-corrected chi connectivity index (χ2v) is 10.0. The maximum atomic E-state index is 12.7. The molecule has 0 bridgehead atoms. The van der Waals surface area contributed by atoms with Crippen LogP contribution in [0.2, 0.25) is 0 Å². The Morgan fingerprint density at radius 3 is 2.63 bits per heavy atom. The van der Waals surface area contributed by atoms with Gasteiger partial charge in [-0.2, -0.15) is 5.10 Å². The number of halogens is 3. The number of hydrogen-bond donors (Lipinski definition) is 4. The number of aromatic amines is 1. The van der Waals surface area contributed by atoms with Crippen molar-refractivity contribution >= 4 is 26.6 Å². The summed E-state index contributed by atoms with van der Waals surface area (Å²) in [6.07, 6.45) is -5.90. The molecule has 4 aromatic rings. The van der Waals surface area contributed by atoms with Crippen molar-refractivity contribution in [1.29, 1.82) is 0 Å². The molecule has 0 saturated heterocycles. The molecule has 0 unspecified atom stereocenters. The summed E-state index contributed by atoms with van der Waals surface area (Å²) >= 11 is 0. The Bertz CT molecular complexity index is 1510. The summed E-state index contributed by atoms with van der Waals surface area (Å²) in [5, 5.41) is 21.7. The summed E-state index contributed by atoms with van der Waals surface area (Å²) in [7, 11) is -4.21. The topological polar surface area (TPSA) is 126 Å². The molecular formula is C25H25F3N4O5S. The van der Waals surface area contributed by atoms with E-state index >= 15 is 0 Å². The minimum atomic E-state index is -4.95. The highest BCUT2D eigenvalue weighted by Gasteiger charge is 2.31. The van der Waals surface area contributed by atoms with Gasteiger partial charge in [0, 0.05) is 42.0 Å². The second kappa shape index (κ2) is 11.3. The maximum absolute atomic E-state index is 12.7. The van der Waals surface area contributed by atoms with Crippen LogP contribution >= 0.6 is 0 Å². The first kappa shape index (κ1) is 27.2. The molecule has 0 aliphatic heterocycles. The molecular weight excluding hydrogens is 525 g/mol. The zero-order valence-corrected chi connectivity index (χ0v) is 20.9. The zero-order chi connectivity index (χ0) is 27.3. The molecule has 1 aromatic heterocycles. The Labute approximate surface area is 216 Å². The van der Waals surface area contributed by atoms with Crippen LogP contribution in [-0.4, -0.2) is 49.8 Å². The molecule has 38 heavy (non-hydrogen) atoms. The Morgan fingerprint density at radius 2 is 1.84 bits per heavy atom. The molecule has 202 valence electrons. The van der Waals surface area contributed by atoms with Crippen molar-refractivity contribution in [2.75, 3.05) is 24.4 Å². The number of sulfonamides is 1. The third-order valence-corrected chi connectivity index (χ3v) is 6.85. The standard InChI is InChI=1S/C25H25F3N4O5S/c1-16-22-9-8-19(14-23(22)31-30-16)36-11-10-29-15-24(33)17-4-2-5-18(12-17)32-38(34,35)21-7-3-6-20(13-21)37-25(26,27)28/h2-9,12-14,24,29,32-33H,10-11,15H2,1H3,(H,30,31)/t24-/m0/s1. The van der Waals surface area contributed by atoms with Gasteiger partial charge in [-0.3, -0.25) is 9.82 Å². The number of fused-ring (bicyclic) bond motifs is 1. The number of benzene rings is 3. The highest BCUT2D eigenvalue weighted by molar-refractivity contribution is 7.92. The van der Waals surface area contributed by atoms with E-state index in [1.165, 1.54) is 12.1 Å². The summed E-state index contributed by atoms with van der Waals surface area (Å²) in [6.45, 7) is 2.90. The quantitative estimate of drug-likeness (QED) is 0.206. The molecule has 0 radical (unpaired) electrons. The lowest BCUT2D eigenvalue weighted by molar-refractivity contribution is -0.274. The van der Waals surface area contributed by atoms with Crippen LogP contribution in [0.3, 0.4) is 0 Å². The zero-order valence-electron chi connectivity index (χ0n) is 20.1. The van der Waals surface area contributed by atoms with Crippen LogP contribution in [0.4, 0.5) is 18.9 Å². The number of H-pyrrole nitrogens is 1. The largest absolute Gasteiger partial charge is 0.573 e. The van der Waals surface area contributed by atoms with Crippen LogP contribution in [0.25, 0.3) is 10.9 Å². The van der Waals surface area contributed by atoms with Gasteiger partial charge in [0.25, 0.3) is 10.0 Å². The van der Waals surface area contributed by atoms with Gasteiger partial charge >= 0.3 is 6.36 Å². The van der Waals surface area contributed by atoms with Crippen LogP contribution in [-0.2, 0) is 10.0 Å². The number of aromatic nitrogens is 2. The van der Waals surface area contributed by atoms with Crippen molar-refractivity contribution in [2.45, 2.75) is 24.3 Å². The number of aliphatic hydroxyl groups excluding tert-OH is 1.